The van der Waals surface area contributed by atoms with E-state index in [1.807, 2.05) is 31.2 Å². The summed E-state index contributed by atoms with van der Waals surface area (Å²) >= 11 is 0. The van der Waals surface area contributed by atoms with Gasteiger partial charge in [-0.25, -0.2) is 0 Å². The molecular formula is C16H21NO4. The summed E-state index contributed by atoms with van der Waals surface area (Å²) < 4.78 is 0. The lowest BCUT2D eigenvalue weighted by molar-refractivity contribution is -0.138. The molecule has 0 aliphatic heterocycles. The summed E-state index contributed by atoms with van der Waals surface area (Å²) in [7, 11) is 0. The maximum Gasteiger partial charge on any atom is 0.305 e. The van der Waals surface area contributed by atoms with Crippen LogP contribution in [0.1, 0.15) is 24.5 Å². The van der Waals surface area contributed by atoms with Crippen molar-refractivity contribution in [3.05, 3.63) is 41.5 Å². The first kappa shape index (κ1) is 16.9. The van der Waals surface area contributed by atoms with Gasteiger partial charge in [0.05, 0.1) is 12.5 Å². The van der Waals surface area contributed by atoms with Crippen LogP contribution in [-0.2, 0) is 9.59 Å². The Labute approximate surface area is 124 Å². The van der Waals surface area contributed by atoms with Crippen LogP contribution in [0.4, 0.5) is 0 Å². The SMILES string of the molecule is Cc1ccc(/C=C/C(=O)N(CCC(=O)O)CC(C)O)cc1. The number of aliphatic hydroxyl groups excluding tert-OH is 1. The van der Waals surface area contributed by atoms with Crippen molar-refractivity contribution in [2.24, 2.45) is 0 Å². The molecule has 1 aromatic rings. The number of aryl methyl sites for hydroxylation is 1. The van der Waals surface area contributed by atoms with E-state index in [-0.39, 0.29) is 25.4 Å². The molecule has 1 unspecified atom stereocenters. The van der Waals surface area contributed by atoms with Crippen LogP contribution in [0.25, 0.3) is 6.08 Å². The number of carboxylic acids is 1. The van der Waals surface area contributed by atoms with Crippen molar-refractivity contribution >= 4 is 18.0 Å². The van der Waals surface area contributed by atoms with Gasteiger partial charge in [0.25, 0.3) is 0 Å². The van der Waals surface area contributed by atoms with E-state index in [9.17, 15) is 14.7 Å². The minimum absolute atomic E-state index is 0.0807. The molecule has 1 atom stereocenters. The van der Waals surface area contributed by atoms with Gasteiger partial charge >= 0.3 is 5.97 Å². The standard InChI is InChI=1S/C16H21NO4/c1-12-3-5-14(6-4-12)7-8-15(19)17(11-13(2)18)10-9-16(20)21/h3-8,13,18H,9-11H2,1-2H3,(H,20,21)/b8-7+. The summed E-state index contributed by atoms with van der Waals surface area (Å²) in [6.45, 7) is 3.74. The van der Waals surface area contributed by atoms with Gasteiger partial charge in [-0.1, -0.05) is 29.8 Å². The fourth-order valence-electron chi connectivity index (χ4n) is 1.79. The predicted molar refractivity (Wildman–Crippen MR) is 80.7 cm³/mol. The van der Waals surface area contributed by atoms with E-state index in [1.165, 1.54) is 11.0 Å². The number of benzene rings is 1. The Morgan fingerprint density at radius 3 is 2.43 bits per heavy atom. The minimum Gasteiger partial charge on any atom is -0.481 e. The van der Waals surface area contributed by atoms with Crippen molar-refractivity contribution in [1.82, 2.24) is 4.90 Å². The molecule has 0 aliphatic carbocycles. The zero-order chi connectivity index (χ0) is 15.8. The molecule has 114 valence electrons. The van der Waals surface area contributed by atoms with Crippen molar-refractivity contribution in [1.29, 1.82) is 0 Å². The van der Waals surface area contributed by atoms with Gasteiger partial charge in [0.15, 0.2) is 0 Å². The monoisotopic (exact) mass is 291 g/mol. The molecule has 1 rings (SSSR count). The van der Waals surface area contributed by atoms with Crippen LogP contribution >= 0.6 is 0 Å². The summed E-state index contributed by atoms with van der Waals surface area (Å²) in [6, 6.07) is 7.69. The lowest BCUT2D eigenvalue weighted by atomic mass is 10.1. The number of hydrogen-bond acceptors (Lipinski definition) is 3. The van der Waals surface area contributed by atoms with Crippen molar-refractivity contribution in [2.75, 3.05) is 13.1 Å². The Morgan fingerprint density at radius 2 is 1.90 bits per heavy atom. The lowest BCUT2D eigenvalue weighted by Gasteiger charge is -2.21. The van der Waals surface area contributed by atoms with Crippen LogP contribution in [0.5, 0.6) is 0 Å². The molecule has 21 heavy (non-hydrogen) atoms. The lowest BCUT2D eigenvalue weighted by Crippen LogP contribution is -2.37. The van der Waals surface area contributed by atoms with Crippen molar-refractivity contribution in [3.8, 4) is 0 Å². The largest absolute Gasteiger partial charge is 0.481 e. The maximum atomic E-state index is 12.1. The van der Waals surface area contributed by atoms with E-state index in [4.69, 9.17) is 5.11 Å². The van der Waals surface area contributed by atoms with E-state index in [2.05, 4.69) is 0 Å². The zero-order valence-corrected chi connectivity index (χ0v) is 12.3. The van der Waals surface area contributed by atoms with Crippen LogP contribution in [0.15, 0.2) is 30.3 Å². The van der Waals surface area contributed by atoms with Crippen LogP contribution < -0.4 is 0 Å². The normalized spacial score (nSPS) is 12.3. The quantitative estimate of drug-likeness (QED) is 0.749. The number of carbonyl (C=O) groups is 2. The van der Waals surface area contributed by atoms with Gasteiger partial charge in [0.2, 0.25) is 5.91 Å². The first-order valence-corrected chi connectivity index (χ1v) is 6.82. The van der Waals surface area contributed by atoms with E-state index in [0.717, 1.165) is 11.1 Å². The molecule has 1 amide bonds. The maximum absolute atomic E-state index is 12.1. The number of rotatable bonds is 7. The number of hydrogen-bond donors (Lipinski definition) is 2. The van der Waals surface area contributed by atoms with Gasteiger partial charge in [-0.15, -0.1) is 0 Å². The molecule has 5 heteroatoms. The van der Waals surface area contributed by atoms with Crippen LogP contribution in [0.2, 0.25) is 0 Å². The second kappa shape index (κ2) is 8.21. The number of carboxylic acid groups (broad SMARTS) is 1. The molecule has 0 fully saturated rings. The van der Waals surface area contributed by atoms with Crippen LogP contribution in [0.3, 0.4) is 0 Å². The summed E-state index contributed by atoms with van der Waals surface area (Å²) in [6.07, 6.45) is 2.24. The predicted octanol–water partition coefficient (Wildman–Crippen LogP) is 1.69. The van der Waals surface area contributed by atoms with Gasteiger partial charge in [-0.2, -0.15) is 0 Å². The molecule has 0 saturated carbocycles. The molecule has 0 saturated heterocycles. The molecule has 0 heterocycles. The third-order valence-electron chi connectivity index (χ3n) is 2.89. The number of aliphatic carboxylic acids is 1. The first-order chi connectivity index (χ1) is 9.88. The summed E-state index contributed by atoms with van der Waals surface area (Å²) in [5, 5.41) is 18.1. The number of carbonyl (C=O) groups excluding carboxylic acids is 1. The Balaban J connectivity index is 2.70. The van der Waals surface area contributed by atoms with Crippen molar-refractivity contribution in [3.63, 3.8) is 0 Å². The highest BCUT2D eigenvalue weighted by Gasteiger charge is 2.14. The molecular weight excluding hydrogens is 270 g/mol. The highest BCUT2D eigenvalue weighted by molar-refractivity contribution is 5.92. The van der Waals surface area contributed by atoms with Crippen molar-refractivity contribution < 1.29 is 19.8 Å². The van der Waals surface area contributed by atoms with Crippen LogP contribution in [0, 0.1) is 6.92 Å². The van der Waals surface area contributed by atoms with Gasteiger partial charge in [-0.3, -0.25) is 9.59 Å². The molecule has 1 aromatic carbocycles. The third kappa shape index (κ3) is 6.72. The fourth-order valence-corrected chi connectivity index (χ4v) is 1.79. The molecule has 0 aromatic heterocycles. The highest BCUT2D eigenvalue weighted by Crippen LogP contribution is 2.06. The van der Waals surface area contributed by atoms with Gasteiger partial charge in [0.1, 0.15) is 0 Å². The number of nitrogens with zero attached hydrogens (tertiary/aromatic N) is 1. The average Bonchev–Trinajstić information content (AvgIpc) is 2.42. The second-order valence-electron chi connectivity index (χ2n) is 5.02. The van der Waals surface area contributed by atoms with Crippen LogP contribution in [-0.4, -0.2) is 46.2 Å². The summed E-state index contributed by atoms with van der Waals surface area (Å²) in [4.78, 5) is 24.0. The Hall–Kier alpha value is -2.14. The molecule has 2 N–H and O–H groups in total. The highest BCUT2D eigenvalue weighted by atomic mass is 16.4. The molecule has 0 spiro atoms. The Morgan fingerprint density at radius 1 is 1.29 bits per heavy atom. The Kier molecular flexibility index (Phi) is 6.62. The van der Waals surface area contributed by atoms with E-state index >= 15 is 0 Å². The van der Waals surface area contributed by atoms with Gasteiger partial charge < -0.3 is 15.1 Å². The van der Waals surface area contributed by atoms with E-state index in [1.54, 1.807) is 13.0 Å². The third-order valence-corrected chi connectivity index (χ3v) is 2.89. The fraction of sp³-hybridized carbons (Fsp3) is 0.375. The number of aliphatic hydroxyl groups is 1. The minimum atomic E-state index is -0.971. The molecule has 0 aliphatic rings. The van der Waals surface area contributed by atoms with Gasteiger partial charge in [0, 0.05) is 19.2 Å². The summed E-state index contributed by atoms with van der Waals surface area (Å²) in [5.74, 6) is -1.28. The van der Waals surface area contributed by atoms with Gasteiger partial charge in [-0.05, 0) is 25.5 Å². The first-order valence-electron chi connectivity index (χ1n) is 6.82. The molecule has 0 radical (unpaired) electrons. The average molecular weight is 291 g/mol. The topological polar surface area (TPSA) is 77.8 Å². The van der Waals surface area contributed by atoms with Crippen molar-refractivity contribution in [2.45, 2.75) is 26.4 Å². The smallest absolute Gasteiger partial charge is 0.305 e. The Bertz CT molecular complexity index is 506. The molecule has 5 nitrogen and oxygen atoms in total. The zero-order valence-electron chi connectivity index (χ0n) is 12.3. The second-order valence-corrected chi connectivity index (χ2v) is 5.02. The van der Waals surface area contributed by atoms with E-state index in [0.29, 0.717) is 0 Å². The van der Waals surface area contributed by atoms with E-state index < -0.39 is 12.1 Å². The summed E-state index contributed by atoms with van der Waals surface area (Å²) in [5.41, 5.74) is 2.03. The number of amides is 1. The molecule has 0 bridgehead atoms.